The van der Waals surface area contributed by atoms with Crippen LogP contribution in [-0.2, 0) is 0 Å². The summed E-state index contributed by atoms with van der Waals surface area (Å²) < 4.78 is 0. The summed E-state index contributed by atoms with van der Waals surface area (Å²) in [5.74, 6) is 0. The van der Waals surface area contributed by atoms with Crippen LogP contribution in [0.2, 0.25) is 0 Å². The number of allylic oxidation sites excluding steroid dienone is 7. The highest BCUT2D eigenvalue weighted by Crippen LogP contribution is 2.20. The van der Waals surface area contributed by atoms with E-state index in [1.165, 1.54) is 11.1 Å². The van der Waals surface area contributed by atoms with Crippen LogP contribution in [-0.4, -0.2) is 0 Å². The van der Waals surface area contributed by atoms with Crippen molar-refractivity contribution >= 4 is 0 Å². The Hall–Kier alpha value is -1.04. The zero-order valence-electron chi connectivity index (χ0n) is 7.01. The zero-order valence-corrected chi connectivity index (χ0v) is 7.01. The van der Waals surface area contributed by atoms with Crippen LogP contribution in [0, 0.1) is 0 Å². The molecule has 1 aliphatic rings. The molecule has 0 N–H and O–H groups in total. The van der Waals surface area contributed by atoms with Crippen molar-refractivity contribution in [3.8, 4) is 0 Å². The second-order valence-electron chi connectivity index (χ2n) is 2.63. The minimum absolute atomic E-state index is 1.15. The van der Waals surface area contributed by atoms with Crippen molar-refractivity contribution in [2.75, 3.05) is 0 Å². The number of hydrogen-bond donors (Lipinski definition) is 0. The minimum atomic E-state index is 1.15. The lowest BCUT2D eigenvalue weighted by Gasteiger charge is -2.08. The molecule has 0 aromatic carbocycles. The SMILES string of the molecule is C=CC1=C(/C=C\C)CCC=C1. The Morgan fingerprint density at radius 2 is 2.36 bits per heavy atom. The van der Waals surface area contributed by atoms with Gasteiger partial charge in [0.15, 0.2) is 0 Å². The highest BCUT2D eigenvalue weighted by Gasteiger charge is 2.00. The molecule has 0 aliphatic heterocycles. The van der Waals surface area contributed by atoms with Gasteiger partial charge in [-0.3, -0.25) is 0 Å². The lowest BCUT2D eigenvalue weighted by atomic mass is 9.97. The van der Waals surface area contributed by atoms with Gasteiger partial charge in [0.1, 0.15) is 0 Å². The van der Waals surface area contributed by atoms with E-state index in [0.717, 1.165) is 12.8 Å². The van der Waals surface area contributed by atoms with Gasteiger partial charge in [0.2, 0.25) is 0 Å². The summed E-state index contributed by atoms with van der Waals surface area (Å²) in [6.07, 6.45) is 12.8. The Morgan fingerprint density at radius 3 is 3.00 bits per heavy atom. The predicted octanol–water partition coefficient (Wildman–Crippen LogP) is 3.40. The molecule has 0 nitrogen and oxygen atoms in total. The molecular formula is C11H14. The fourth-order valence-electron chi connectivity index (χ4n) is 1.28. The van der Waals surface area contributed by atoms with E-state index in [0.29, 0.717) is 0 Å². The summed E-state index contributed by atoms with van der Waals surface area (Å²) in [6.45, 7) is 5.82. The van der Waals surface area contributed by atoms with Gasteiger partial charge < -0.3 is 0 Å². The Balaban J connectivity index is 2.91. The van der Waals surface area contributed by atoms with E-state index in [9.17, 15) is 0 Å². The van der Waals surface area contributed by atoms with Crippen LogP contribution in [0.1, 0.15) is 19.8 Å². The number of rotatable bonds is 2. The first-order valence-corrected chi connectivity index (χ1v) is 4.03. The van der Waals surface area contributed by atoms with Crippen molar-refractivity contribution < 1.29 is 0 Å². The maximum Gasteiger partial charge on any atom is -0.0234 e. The molecule has 1 rings (SSSR count). The third-order valence-corrected chi connectivity index (χ3v) is 1.84. The Labute approximate surface area is 68.6 Å². The average Bonchev–Trinajstić information content (AvgIpc) is 2.06. The molecule has 0 heterocycles. The first-order valence-electron chi connectivity index (χ1n) is 4.03. The highest BCUT2D eigenvalue weighted by molar-refractivity contribution is 5.42. The molecule has 11 heavy (non-hydrogen) atoms. The molecule has 0 heteroatoms. The van der Waals surface area contributed by atoms with Gasteiger partial charge in [0.05, 0.1) is 0 Å². The molecule has 0 amide bonds. The molecule has 0 bridgehead atoms. The van der Waals surface area contributed by atoms with Gasteiger partial charge in [-0.15, -0.1) is 0 Å². The molecule has 0 aromatic heterocycles. The summed E-state index contributed by atoms with van der Waals surface area (Å²) in [7, 11) is 0. The average molecular weight is 146 g/mol. The fourth-order valence-corrected chi connectivity index (χ4v) is 1.28. The van der Waals surface area contributed by atoms with Gasteiger partial charge in [0, 0.05) is 0 Å². The minimum Gasteiger partial charge on any atom is -0.0985 e. The first kappa shape index (κ1) is 8.06. The van der Waals surface area contributed by atoms with Crippen LogP contribution in [0.3, 0.4) is 0 Å². The lowest BCUT2D eigenvalue weighted by Crippen LogP contribution is -1.89. The van der Waals surface area contributed by atoms with Gasteiger partial charge >= 0.3 is 0 Å². The van der Waals surface area contributed by atoms with Crippen LogP contribution < -0.4 is 0 Å². The smallest absolute Gasteiger partial charge is 0.0234 e. The third kappa shape index (κ3) is 1.94. The lowest BCUT2D eigenvalue weighted by molar-refractivity contribution is 0.978. The second kappa shape index (κ2) is 3.97. The van der Waals surface area contributed by atoms with Crippen molar-refractivity contribution in [1.82, 2.24) is 0 Å². The van der Waals surface area contributed by atoms with Crippen molar-refractivity contribution in [2.45, 2.75) is 19.8 Å². The predicted molar refractivity (Wildman–Crippen MR) is 50.4 cm³/mol. The summed E-state index contributed by atoms with van der Waals surface area (Å²) in [4.78, 5) is 0. The third-order valence-electron chi connectivity index (χ3n) is 1.84. The van der Waals surface area contributed by atoms with E-state index in [-0.39, 0.29) is 0 Å². The summed E-state index contributed by atoms with van der Waals surface area (Å²) in [5.41, 5.74) is 2.68. The van der Waals surface area contributed by atoms with E-state index in [1.807, 2.05) is 13.0 Å². The molecule has 0 radical (unpaired) electrons. The van der Waals surface area contributed by atoms with Crippen LogP contribution in [0.25, 0.3) is 0 Å². The summed E-state index contributed by atoms with van der Waals surface area (Å²) >= 11 is 0. The molecule has 0 aromatic rings. The monoisotopic (exact) mass is 146 g/mol. The summed E-state index contributed by atoms with van der Waals surface area (Å²) in [6, 6.07) is 0. The van der Waals surface area contributed by atoms with E-state index < -0.39 is 0 Å². The topological polar surface area (TPSA) is 0 Å². The molecule has 0 fully saturated rings. The van der Waals surface area contributed by atoms with Crippen molar-refractivity contribution in [1.29, 1.82) is 0 Å². The fraction of sp³-hybridized carbons (Fsp3) is 0.273. The maximum absolute atomic E-state index is 3.77. The zero-order chi connectivity index (χ0) is 8.10. The molecule has 1 aliphatic carbocycles. The molecule has 0 saturated heterocycles. The second-order valence-corrected chi connectivity index (χ2v) is 2.63. The van der Waals surface area contributed by atoms with Crippen LogP contribution in [0.15, 0.2) is 48.1 Å². The van der Waals surface area contributed by atoms with Gasteiger partial charge in [-0.05, 0) is 30.9 Å². The molecule has 58 valence electrons. The molecular weight excluding hydrogens is 132 g/mol. The van der Waals surface area contributed by atoms with Gasteiger partial charge in [-0.2, -0.15) is 0 Å². The van der Waals surface area contributed by atoms with Gasteiger partial charge in [-0.25, -0.2) is 0 Å². The van der Waals surface area contributed by atoms with E-state index >= 15 is 0 Å². The van der Waals surface area contributed by atoms with E-state index in [4.69, 9.17) is 0 Å². The van der Waals surface area contributed by atoms with E-state index in [2.05, 4.69) is 30.9 Å². The summed E-state index contributed by atoms with van der Waals surface area (Å²) in [5, 5.41) is 0. The van der Waals surface area contributed by atoms with Crippen LogP contribution >= 0.6 is 0 Å². The van der Waals surface area contributed by atoms with Gasteiger partial charge in [-0.1, -0.05) is 37.0 Å². The molecule has 0 unspecified atom stereocenters. The number of hydrogen-bond acceptors (Lipinski definition) is 0. The molecule has 0 spiro atoms. The van der Waals surface area contributed by atoms with E-state index in [1.54, 1.807) is 0 Å². The van der Waals surface area contributed by atoms with Crippen molar-refractivity contribution in [3.05, 3.63) is 48.1 Å². The Morgan fingerprint density at radius 1 is 1.55 bits per heavy atom. The normalized spacial score (nSPS) is 17.9. The molecule has 0 saturated carbocycles. The quantitative estimate of drug-likeness (QED) is 0.560. The van der Waals surface area contributed by atoms with Crippen LogP contribution in [0.5, 0.6) is 0 Å². The Bertz CT molecular complexity index is 226. The first-order chi connectivity index (χ1) is 5.38. The van der Waals surface area contributed by atoms with Gasteiger partial charge in [0.25, 0.3) is 0 Å². The van der Waals surface area contributed by atoms with Crippen molar-refractivity contribution in [3.63, 3.8) is 0 Å². The van der Waals surface area contributed by atoms with Crippen molar-refractivity contribution in [2.24, 2.45) is 0 Å². The van der Waals surface area contributed by atoms with Crippen LogP contribution in [0.4, 0.5) is 0 Å². The standard InChI is InChI=1S/C11H14/c1-3-7-11-9-6-5-8-10(11)4-2/h3-5,7-8H,2,6,9H2,1H3/b7-3-. The maximum atomic E-state index is 3.77. The Kier molecular flexibility index (Phi) is 2.91. The molecule has 0 atom stereocenters. The largest absolute Gasteiger partial charge is 0.0985 e. The highest BCUT2D eigenvalue weighted by atomic mass is 14.1.